The smallest absolute Gasteiger partial charge is 0.227 e. The van der Waals surface area contributed by atoms with Crippen molar-refractivity contribution < 1.29 is 14.3 Å². The molecule has 2 aromatic rings. The normalized spacial score (nSPS) is 15.5. The van der Waals surface area contributed by atoms with Crippen molar-refractivity contribution >= 4 is 18.3 Å². The van der Waals surface area contributed by atoms with Crippen LogP contribution in [-0.4, -0.2) is 25.7 Å². The van der Waals surface area contributed by atoms with E-state index in [9.17, 15) is 4.79 Å². The number of benzene rings is 2. The van der Waals surface area contributed by atoms with Gasteiger partial charge in [-0.1, -0.05) is 35.9 Å². The lowest BCUT2D eigenvalue weighted by Crippen LogP contribution is -2.48. The molecule has 146 valence electrons. The van der Waals surface area contributed by atoms with Crippen molar-refractivity contribution in [2.75, 3.05) is 19.8 Å². The highest BCUT2D eigenvalue weighted by atomic mass is 35.5. The molecule has 1 heterocycles. The fourth-order valence-electron chi connectivity index (χ4n) is 3.13. The van der Waals surface area contributed by atoms with Gasteiger partial charge in [0.05, 0.1) is 5.41 Å². The summed E-state index contributed by atoms with van der Waals surface area (Å²) in [6, 6.07) is 15.6. The topological polar surface area (TPSA) is 73.6 Å². The highest BCUT2D eigenvalue weighted by molar-refractivity contribution is 5.85. The summed E-state index contributed by atoms with van der Waals surface area (Å²) in [6.45, 7) is 3.94. The van der Waals surface area contributed by atoms with Gasteiger partial charge in [-0.05, 0) is 38.0 Å². The van der Waals surface area contributed by atoms with E-state index in [4.69, 9.17) is 15.2 Å². The average Bonchev–Trinajstić information content (AvgIpc) is 2.69. The number of carbonyl (C=O) groups is 1. The molecule has 1 aliphatic rings. The molecule has 1 fully saturated rings. The molecular weight excluding hydrogens is 364 g/mol. The summed E-state index contributed by atoms with van der Waals surface area (Å²) in [4.78, 5) is 12.7. The summed E-state index contributed by atoms with van der Waals surface area (Å²) in [6.07, 6.45) is 1.33. The zero-order chi connectivity index (χ0) is 18.4. The number of para-hydroxylation sites is 1. The average molecular weight is 391 g/mol. The Balaban J connectivity index is 0.00000261. The van der Waals surface area contributed by atoms with Crippen LogP contribution < -0.4 is 15.8 Å². The molecule has 0 aliphatic carbocycles. The number of aryl methyl sites for hydroxylation is 1. The zero-order valence-corrected chi connectivity index (χ0v) is 16.4. The Morgan fingerprint density at radius 1 is 1.15 bits per heavy atom. The van der Waals surface area contributed by atoms with E-state index in [-0.39, 0.29) is 18.3 Å². The molecule has 1 saturated heterocycles. The van der Waals surface area contributed by atoms with Crippen LogP contribution in [0, 0.1) is 12.3 Å². The lowest BCUT2D eigenvalue weighted by atomic mass is 9.79. The van der Waals surface area contributed by atoms with E-state index in [2.05, 4.69) is 5.32 Å². The van der Waals surface area contributed by atoms with Crippen LogP contribution in [0.1, 0.15) is 24.0 Å². The summed E-state index contributed by atoms with van der Waals surface area (Å²) < 4.78 is 11.4. The highest BCUT2D eigenvalue weighted by Crippen LogP contribution is 2.30. The number of halogens is 1. The van der Waals surface area contributed by atoms with E-state index < -0.39 is 5.41 Å². The van der Waals surface area contributed by atoms with Crippen molar-refractivity contribution in [1.29, 1.82) is 0 Å². The molecule has 0 radical (unpaired) electrons. The van der Waals surface area contributed by atoms with Crippen molar-refractivity contribution in [3.63, 3.8) is 0 Å². The summed E-state index contributed by atoms with van der Waals surface area (Å²) >= 11 is 0. The molecule has 6 heteroatoms. The van der Waals surface area contributed by atoms with Gasteiger partial charge in [0.25, 0.3) is 0 Å². The van der Waals surface area contributed by atoms with Crippen molar-refractivity contribution in [2.24, 2.45) is 11.1 Å². The second kappa shape index (κ2) is 9.74. The van der Waals surface area contributed by atoms with Gasteiger partial charge in [0.2, 0.25) is 5.91 Å². The van der Waals surface area contributed by atoms with Crippen LogP contribution in [0.15, 0.2) is 48.5 Å². The van der Waals surface area contributed by atoms with Crippen molar-refractivity contribution in [3.05, 3.63) is 59.7 Å². The Morgan fingerprint density at radius 2 is 1.81 bits per heavy atom. The van der Waals surface area contributed by atoms with Gasteiger partial charge < -0.3 is 20.5 Å². The van der Waals surface area contributed by atoms with Gasteiger partial charge in [0.15, 0.2) is 0 Å². The lowest BCUT2D eigenvalue weighted by Gasteiger charge is -2.34. The van der Waals surface area contributed by atoms with Gasteiger partial charge in [-0.3, -0.25) is 4.79 Å². The summed E-state index contributed by atoms with van der Waals surface area (Å²) in [5, 5.41) is 3.04. The molecule has 0 saturated carbocycles. The van der Waals surface area contributed by atoms with E-state index >= 15 is 0 Å². The molecule has 1 amide bonds. The van der Waals surface area contributed by atoms with Gasteiger partial charge in [-0.25, -0.2) is 0 Å². The Hall–Kier alpha value is -2.08. The Morgan fingerprint density at radius 3 is 2.48 bits per heavy atom. The minimum Gasteiger partial charge on any atom is -0.457 e. The minimum atomic E-state index is -0.523. The molecule has 0 atom stereocenters. The number of nitrogens with one attached hydrogen (secondary N) is 1. The summed E-state index contributed by atoms with van der Waals surface area (Å²) in [7, 11) is 0. The molecule has 3 N–H and O–H groups in total. The molecule has 0 bridgehead atoms. The van der Waals surface area contributed by atoms with E-state index in [0.29, 0.717) is 39.1 Å². The van der Waals surface area contributed by atoms with Gasteiger partial charge in [-0.2, -0.15) is 0 Å². The number of nitrogens with two attached hydrogens (primary N) is 1. The van der Waals surface area contributed by atoms with Crippen molar-refractivity contribution in [3.8, 4) is 11.5 Å². The maximum absolute atomic E-state index is 12.7. The van der Waals surface area contributed by atoms with Crippen LogP contribution in [0.2, 0.25) is 0 Å². The predicted octanol–water partition coefficient (Wildman–Crippen LogP) is 3.58. The van der Waals surface area contributed by atoms with Crippen LogP contribution in [0.4, 0.5) is 0 Å². The molecule has 1 aliphatic heterocycles. The zero-order valence-electron chi connectivity index (χ0n) is 15.6. The fraction of sp³-hybridized carbons (Fsp3) is 0.381. The van der Waals surface area contributed by atoms with Gasteiger partial charge in [-0.15, -0.1) is 12.4 Å². The van der Waals surface area contributed by atoms with Crippen molar-refractivity contribution in [1.82, 2.24) is 5.32 Å². The molecule has 0 aromatic heterocycles. The lowest BCUT2D eigenvalue weighted by molar-refractivity contribution is -0.136. The molecule has 5 nitrogen and oxygen atoms in total. The number of amides is 1. The number of rotatable bonds is 6. The van der Waals surface area contributed by atoms with Crippen molar-refractivity contribution in [2.45, 2.75) is 26.3 Å². The van der Waals surface area contributed by atoms with Gasteiger partial charge in [0, 0.05) is 31.9 Å². The Kier molecular flexibility index (Phi) is 7.66. The number of ether oxygens (including phenoxy) is 2. The number of hydrogen-bond donors (Lipinski definition) is 2. The Labute approximate surface area is 166 Å². The van der Waals surface area contributed by atoms with Crippen LogP contribution in [-0.2, 0) is 16.1 Å². The Bertz CT molecular complexity index is 743. The first-order valence-corrected chi connectivity index (χ1v) is 9.01. The summed E-state index contributed by atoms with van der Waals surface area (Å²) in [5.41, 5.74) is 7.50. The first-order chi connectivity index (χ1) is 12.6. The maximum Gasteiger partial charge on any atom is 0.227 e. The van der Waals surface area contributed by atoms with E-state index in [1.807, 2.05) is 55.5 Å². The molecular formula is C21H27ClN2O3. The van der Waals surface area contributed by atoms with Crippen LogP contribution in [0.25, 0.3) is 0 Å². The minimum absolute atomic E-state index is 0. The van der Waals surface area contributed by atoms with Crippen LogP contribution in [0.3, 0.4) is 0 Å². The van der Waals surface area contributed by atoms with Crippen LogP contribution >= 0.6 is 12.4 Å². The standard InChI is InChI=1S/C21H26N2O3.ClH/c1-16-6-8-18(9-7-16)26-19-5-3-2-4-17(19)14-23-20(24)21(15-22)10-12-25-13-11-21;/h2-9H,10-15,22H2,1H3,(H,23,24);1H. The molecule has 0 spiro atoms. The van der Waals surface area contributed by atoms with E-state index in [0.717, 1.165) is 17.1 Å². The predicted molar refractivity (Wildman–Crippen MR) is 108 cm³/mol. The molecule has 27 heavy (non-hydrogen) atoms. The van der Waals surface area contributed by atoms with E-state index in [1.54, 1.807) is 0 Å². The SMILES string of the molecule is Cc1ccc(Oc2ccccc2CNC(=O)C2(CN)CCOCC2)cc1.Cl. The van der Waals surface area contributed by atoms with E-state index in [1.165, 1.54) is 5.56 Å². The fourth-order valence-corrected chi connectivity index (χ4v) is 3.13. The third-order valence-electron chi connectivity index (χ3n) is 4.98. The first-order valence-electron chi connectivity index (χ1n) is 9.01. The third kappa shape index (κ3) is 5.22. The second-order valence-corrected chi connectivity index (χ2v) is 6.80. The molecule has 3 rings (SSSR count). The first kappa shape index (κ1) is 21.2. The quantitative estimate of drug-likeness (QED) is 0.790. The third-order valence-corrected chi connectivity index (χ3v) is 4.98. The largest absolute Gasteiger partial charge is 0.457 e. The number of carbonyl (C=O) groups excluding carboxylic acids is 1. The van der Waals surface area contributed by atoms with Crippen LogP contribution in [0.5, 0.6) is 11.5 Å². The molecule has 2 aromatic carbocycles. The summed E-state index contributed by atoms with van der Waals surface area (Å²) in [5.74, 6) is 1.51. The maximum atomic E-state index is 12.7. The second-order valence-electron chi connectivity index (χ2n) is 6.80. The highest BCUT2D eigenvalue weighted by Gasteiger charge is 2.38. The van der Waals surface area contributed by atoms with Gasteiger partial charge in [0.1, 0.15) is 11.5 Å². The molecule has 0 unspecified atom stereocenters. The monoisotopic (exact) mass is 390 g/mol. The van der Waals surface area contributed by atoms with Gasteiger partial charge >= 0.3 is 0 Å². The number of hydrogen-bond acceptors (Lipinski definition) is 4.